The van der Waals surface area contributed by atoms with Crippen molar-refractivity contribution in [3.63, 3.8) is 0 Å². The average molecular weight is 320 g/mol. The maximum atomic E-state index is 6.07. The standard InChI is InChI=1S/C16H15Cl2N3/c1-9(2)21-15-6-4-11(17)8-14(15)20-16(21)10-3-5-12(18)13(19)7-10/h3-9H,19H2,1-2H3. The fourth-order valence-corrected chi connectivity index (χ4v) is 2.77. The second kappa shape index (κ2) is 5.24. The number of fused-ring (bicyclic) bond motifs is 1. The summed E-state index contributed by atoms with van der Waals surface area (Å²) < 4.78 is 2.17. The fraction of sp³-hybridized carbons (Fsp3) is 0.188. The van der Waals surface area contributed by atoms with E-state index in [-0.39, 0.29) is 6.04 Å². The highest BCUT2D eigenvalue weighted by atomic mass is 35.5. The van der Waals surface area contributed by atoms with Crippen molar-refractivity contribution in [1.29, 1.82) is 0 Å². The summed E-state index contributed by atoms with van der Waals surface area (Å²) in [6.07, 6.45) is 0. The molecule has 3 aromatic rings. The molecule has 5 heteroatoms. The minimum absolute atomic E-state index is 0.267. The molecule has 0 amide bonds. The van der Waals surface area contributed by atoms with Gasteiger partial charge in [-0.1, -0.05) is 23.2 Å². The van der Waals surface area contributed by atoms with Crippen LogP contribution in [0.1, 0.15) is 19.9 Å². The Morgan fingerprint density at radius 2 is 1.86 bits per heavy atom. The van der Waals surface area contributed by atoms with E-state index in [2.05, 4.69) is 18.4 Å². The highest BCUT2D eigenvalue weighted by molar-refractivity contribution is 6.33. The van der Waals surface area contributed by atoms with Gasteiger partial charge in [-0.05, 0) is 50.2 Å². The van der Waals surface area contributed by atoms with E-state index in [1.54, 1.807) is 6.07 Å². The Balaban J connectivity index is 2.30. The van der Waals surface area contributed by atoms with Crippen LogP contribution in [-0.4, -0.2) is 9.55 Å². The molecule has 0 fully saturated rings. The van der Waals surface area contributed by atoms with Gasteiger partial charge in [0.05, 0.1) is 21.7 Å². The third kappa shape index (κ3) is 2.47. The van der Waals surface area contributed by atoms with E-state index < -0.39 is 0 Å². The van der Waals surface area contributed by atoms with E-state index in [1.165, 1.54) is 0 Å². The third-order valence-electron chi connectivity index (χ3n) is 3.42. The van der Waals surface area contributed by atoms with Gasteiger partial charge in [-0.25, -0.2) is 4.98 Å². The van der Waals surface area contributed by atoms with Crippen molar-refractivity contribution >= 4 is 39.9 Å². The molecular weight excluding hydrogens is 305 g/mol. The van der Waals surface area contributed by atoms with Crippen molar-refractivity contribution in [3.8, 4) is 11.4 Å². The number of aromatic nitrogens is 2. The van der Waals surface area contributed by atoms with Gasteiger partial charge >= 0.3 is 0 Å². The Morgan fingerprint density at radius 1 is 1.10 bits per heavy atom. The quantitative estimate of drug-likeness (QED) is 0.662. The zero-order chi connectivity index (χ0) is 15.1. The summed E-state index contributed by atoms with van der Waals surface area (Å²) in [6.45, 7) is 4.25. The first-order valence-electron chi connectivity index (χ1n) is 6.70. The third-order valence-corrected chi connectivity index (χ3v) is 4.00. The SMILES string of the molecule is CC(C)n1c(-c2ccc(Cl)c(N)c2)nc2cc(Cl)ccc21. The van der Waals surface area contributed by atoms with E-state index >= 15 is 0 Å². The molecule has 0 saturated carbocycles. The molecule has 21 heavy (non-hydrogen) atoms. The van der Waals surface area contributed by atoms with E-state index in [0.717, 1.165) is 22.4 Å². The van der Waals surface area contributed by atoms with E-state index in [4.69, 9.17) is 33.9 Å². The minimum Gasteiger partial charge on any atom is -0.398 e. The van der Waals surface area contributed by atoms with Gasteiger partial charge in [-0.2, -0.15) is 0 Å². The van der Waals surface area contributed by atoms with Gasteiger partial charge in [-0.3, -0.25) is 0 Å². The fourth-order valence-electron chi connectivity index (χ4n) is 2.48. The molecule has 0 radical (unpaired) electrons. The molecule has 0 aliphatic carbocycles. The number of hydrogen-bond acceptors (Lipinski definition) is 2. The van der Waals surface area contributed by atoms with Crippen molar-refractivity contribution in [2.24, 2.45) is 0 Å². The van der Waals surface area contributed by atoms with Crippen LogP contribution >= 0.6 is 23.2 Å². The van der Waals surface area contributed by atoms with E-state index in [0.29, 0.717) is 15.7 Å². The van der Waals surface area contributed by atoms with Crippen LogP contribution in [-0.2, 0) is 0 Å². The molecular formula is C16H15Cl2N3. The number of halogens is 2. The highest BCUT2D eigenvalue weighted by Gasteiger charge is 2.15. The Bertz CT molecular complexity index is 822. The van der Waals surface area contributed by atoms with Crippen LogP contribution in [0.25, 0.3) is 22.4 Å². The van der Waals surface area contributed by atoms with Gasteiger partial charge in [0.2, 0.25) is 0 Å². The Kier molecular flexibility index (Phi) is 3.56. The lowest BCUT2D eigenvalue weighted by Crippen LogP contribution is -2.03. The van der Waals surface area contributed by atoms with E-state index in [9.17, 15) is 0 Å². The zero-order valence-electron chi connectivity index (χ0n) is 11.8. The second-order valence-electron chi connectivity index (χ2n) is 5.27. The molecule has 108 valence electrons. The highest BCUT2D eigenvalue weighted by Crippen LogP contribution is 2.32. The lowest BCUT2D eigenvalue weighted by atomic mass is 10.2. The van der Waals surface area contributed by atoms with Gasteiger partial charge < -0.3 is 10.3 Å². The summed E-state index contributed by atoms with van der Waals surface area (Å²) in [6, 6.07) is 11.6. The molecule has 0 unspecified atom stereocenters. The normalized spacial score (nSPS) is 11.5. The maximum absolute atomic E-state index is 6.07. The number of imidazole rings is 1. The number of benzene rings is 2. The minimum atomic E-state index is 0.267. The first-order chi connectivity index (χ1) is 9.97. The smallest absolute Gasteiger partial charge is 0.141 e. The first kappa shape index (κ1) is 14.2. The first-order valence-corrected chi connectivity index (χ1v) is 7.46. The molecule has 2 N–H and O–H groups in total. The molecule has 1 heterocycles. The number of rotatable bonds is 2. The predicted molar refractivity (Wildman–Crippen MR) is 90.0 cm³/mol. The summed E-state index contributed by atoms with van der Waals surface area (Å²) in [5.74, 6) is 0.866. The summed E-state index contributed by atoms with van der Waals surface area (Å²) >= 11 is 12.1. The number of anilines is 1. The van der Waals surface area contributed by atoms with Gasteiger partial charge in [0, 0.05) is 16.6 Å². The van der Waals surface area contributed by atoms with Crippen LogP contribution in [0.4, 0.5) is 5.69 Å². The Labute approximate surface area is 133 Å². The second-order valence-corrected chi connectivity index (χ2v) is 6.11. The van der Waals surface area contributed by atoms with Crippen LogP contribution in [0.2, 0.25) is 10.0 Å². The number of hydrogen-bond donors (Lipinski definition) is 1. The summed E-state index contributed by atoms with van der Waals surface area (Å²) in [5, 5.41) is 1.23. The molecule has 3 nitrogen and oxygen atoms in total. The number of nitrogens with two attached hydrogens (primary N) is 1. The van der Waals surface area contributed by atoms with Gasteiger partial charge in [0.15, 0.2) is 0 Å². The van der Waals surface area contributed by atoms with Crippen molar-refractivity contribution in [3.05, 3.63) is 46.4 Å². The Hall–Kier alpha value is -1.71. The van der Waals surface area contributed by atoms with Crippen LogP contribution in [0, 0.1) is 0 Å². The van der Waals surface area contributed by atoms with Crippen LogP contribution in [0.5, 0.6) is 0 Å². The average Bonchev–Trinajstić information content (AvgIpc) is 2.80. The van der Waals surface area contributed by atoms with Crippen LogP contribution in [0.3, 0.4) is 0 Å². The van der Waals surface area contributed by atoms with Crippen molar-refractivity contribution < 1.29 is 0 Å². The molecule has 0 spiro atoms. The summed E-state index contributed by atoms with van der Waals surface area (Å²) in [5.41, 5.74) is 9.33. The number of nitrogens with zero attached hydrogens (tertiary/aromatic N) is 2. The topological polar surface area (TPSA) is 43.8 Å². The van der Waals surface area contributed by atoms with Crippen molar-refractivity contribution in [2.45, 2.75) is 19.9 Å². The zero-order valence-corrected chi connectivity index (χ0v) is 13.3. The molecule has 0 saturated heterocycles. The van der Waals surface area contributed by atoms with Crippen LogP contribution < -0.4 is 5.73 Å². The summed E-state index contributed by atoms with van der Waals surface area (Å²) in [4.78, 5) is 4.72. The molecule has 2 aromatic carbocycles. The monoisotopic (exact) mass is 319 g/mol. The number of nitrogen functional groups attached to an aromatic ring is 1. The lowest BCUT2D eigenvalue weighted by Gasteiger charge is -2.13. The molecule has 1 aromatic heterocycles. The molecule has 3 rings (SSSR count). The van der Waals surface area contributed by atoms with Gasteiger partial charge in [0.25, 0.3) is 0 Å². The van der Waals surface area contributed by atoms with Crippen molar-refractivity contribution in [2.75, 3.05) is 5.73 Å². The molecule has 0 bridgehead atoms. The van der Waals surface area contributed by atoms with Crippen molar-refractivity contribution in [1.82, 2.24) is 9.55 Å². The molecule has 0 atom stereocenters. The van der Waals surface area contributed by atoms with Gasteiger partial charge in [-0.15, -0.1) is 0 Å². The molecule has 0 aliphatic heterocycles. The van der Waals surface area contributed by atoms with E-state index in [1.807, 2.05) is 30.3 Å². The lowest BCUT2D eigenvalue weighted by molar-refractivity contribution is 0.624. The Morgan fingerprint density at radius 3 is 2.52 bits per heavy atom. The van der Waals surface area contributed by atoms with Crippen LogP contribution in [0.15, 0.2) is 36.4 Å². The largest absolute Gasteiger partial charge is 0.398 e. The molecule has 0 aliphatic rings. The summed E-state index contributed by atoms with van der Waals surface area (Å²) in [7, 11) is 0. The van der Waals surface area contributed by atoms with Gasteiger partial charge in [0.1, 0.15) is 5.82 Å². The predicted octanol–water partition coefficient (Wildman–Crippen LogP) is 5.17. The maximum Gasteiger partial charge on any atom is 0.141 e.